The van der Waals surface area contributed by atoms with Gasteiger partial charge >= 0.3 is 0 Å². The normalized spacial score (nSPS) is 16.4. The van der Waals surface area contributed by atoms with Gasteiger partial charge in [-0.25, -0.2) is 9.37 Å². The van der Waals surface area contributed by atoms with E-state index in [1.165, 1.54) is 21.2 Å². The monoisotopic (exact) mass is 595 g/mol. The summed E-state index contributed by atoms with van der Waals surface area (Å²) in [4.78, 5) is 25.3. The van der Waals surface area contributed by atoms with Crippen LogP contribution >= 0.6 is 0 Å². The number of benzene rings is 2. The molecule has 0 spiro atoms. The first-order valence-electron chi connectivity index (χ1n) is 15.0. The Bertz CT molecular complexity index is 1650. The van der Waals surface area contributed by atoms with Gasteiger partial charge in [-0.3, -0.25) is 4.79 Å². The fourth-order valence-electron chi connectivity index (χ4n) is 6.38. The van der Waals surface area contributed by atoms with E-state index in [0.717, 1.165) is 42.1 Å². The minimum atomic E-state index is -1.04. The first kappa shape index (κ1) is 30.8. The van der Waals surface area contributed by atoms with Gasteiger partial charge in [-0.15, -0.1) is 0 Å². The second kappa shape index (κ2) is 13.3. The van der Waals surface area contributed by atoms with Gasteiger partial charge in [0.15, 0.2) is 5.83 Å². The Balaban J connectivity index is 1.55. The van der Waals surface area contributed by atoms with Crippen molar-refractivity contribution in [3.8, 4) is 18.0 Å². The summed E-state index contributed by atoms with van der Waals surface area (Å²) in [6.07, 6.45) is 1.46. The molecule has 2 aliphatic heterocycles. The Morgan fingerprint density at radius 1 is 1.16 bits per heavy atom. The van der Waals surface area contributed by atoms with Gasteiger partial charge in [0.05, 0.1) is 43.1 Å². The summed E-state index contributed by atoms with van der Waals surface area (Å²) in [5.41, 5.74) is 5.25. The standard InChI is InChI=1S/C34H38FN7O2/c1-23-8-5-9-25-10-6-11-30(31(23)25)40-16-13-27-29(22-40)38-33(44-19-7-15-39(3)4)28(20-37)32(27)41-17-18-42(34(43)24(2)35)26(21-41)12-14-36/h5-6,8-11,26H,2,7,12-13,15-19,21-22H2,1,3-4H3. The number of halogens is 1. The maximum absolute atomic E-state index is 13.8. The molecule has 0 bridgehead atoms. The van der Waals surface area contributed by atoms with Crippen molar-refractivity contribution < 1.29 is 13.9 Å². The van der Waals surface area contributed by atoms with Crippen LogP contribution in [0.2, 0.25) is 0 Å². The number of carbonyl (C=O) groups is 1. The summed E-state index contributed by atoms with van der Waals surface area (Å²) >= 11 is 0. The lowest BCUT2D eigenvalue weighted by Gasteiger charge is -2.43. The quantitative estimate of drug-likeness (QED) is 0.259. The molecule has 0 radical (unpaired) electrons. The Morgan fingerprint density at radius 2 is 1.93 bits per heavy atom. The number of piperazine rings is 1. The van der Waals surface area contributed by atoms with Crippen molar-refractivity contribution in [1.82, 2.24) is 14.8 Å². The molecule has 1 amide bonds. The summed E-state index contributed by atoms with van der Waals surface area (Å²) in [6.45, 7) is 8.66. The molecule has 0 saturated carbocycles. The average Bonchev–Trinajstić information content (AvgIpc) is 3.01. The smallest absolute Gasteiger partial charge is 0.282 e. The molecule has 2 aromatic carbocycles. The lowest BCUT2D eigenvalue weighted by Crippen LogP contribution is -2.55. The van der Waals surface area contributed by atoms with Gasteiger partial charge in [0.1, 0.15) is 11.6 Å². The van der Waals surface area contributed by atoms with Crippen molar-refractivity contribution in [2.45, 2.75) is 38.8 Å². The molecule has 3 heterocycles. The molecule has 5 rings (SSSR count). The highest BCUT2D eigenvalue weighted by Gasteiger charge is 2.36. The van der Waals surface area contributed by atoms with E-state index in [1.54, 1.807) is 0 Å². The van der Waals surface area contributed by atoms with Crippen LogP contribution in [0.5, 0.6) is 5.88 Å². The second-order valence-corrected chi connectivity index (χ2v) is 11.7. The van der Waals surface area contributed by atoms with E-state index in [4.69, 9.17) is 9.72 Å². The van der Waals surface area contributed by atoms with Gasteiger partial charge in [0.2, 0.25) is 5.88 Å². The number of hydrogen-bond acceptors (Lipinski definition) is 8. The summed E-state index contributed by atoms with van der Waals surface area (Å²) in [7, 11) is 4.00. The molecule has 1 saturated heterocycles. The Morgan fingerprint density at radius 3 is 2.64 bits per heavy atom. The van der Waals surface area contributed by atoms with Crippen LogP contribution in [0.25, 0.3) is 10.8 Å². The molecule has 2 aliphatic rings. The van der Waals surface area contributed by atoms with Crippen molar-refractivity contribution in [3.05, 3.63) is 71.2 Å². The number of aromatic nitrogens is 1. The van der Waals surface area contributed by atoms with Crippen LogP contribution in [0.15, 0.2) is 48.8 Å². The number of amides is 1. The molecule has 0 aliphatic carbocycles. The van der Waals surface area contributed by atoms with Gasteiger partial charge in [-0.05, 0) is 50.9 Å². The highest BCUT2D eigenvalue weighted by molar-refractivity contribution is 5.97. The SMILES string of the molecule is C=C(F)C(=O)N1CCN(c2c(C#N)c(OCCCN(C)C)nc3c2CCN(c2cccc4cccc(C)c24)C3)CC1CC#N. The van der Waals surface area contributed by atoms with Gasteiger partial charge in [-0.1, -0.05) is 36.9 Å². The van der Waals surface area contributed by atoms with Gasteiger partial charge in [0, 0.05) is 49.4 Å². The molecule has 10 heteroatoms. The molecule has 1 atom stereocenters. The minimum absolute atomic E-state index is 0.0345. The van der Waals surface area contributed by atoms with E-state index in [2.05, 4.69) is 76.7 Å². The predicted molar refractivity (Wildman–Crippen MR) is 169 cm³/mol. The molecule has 9 nitrogen and oxygen atoms in total. The number of pyridine rings is 1. The van der Waals surface area contributed by atoms with Crippen LogP contribution < -0.4 is 14.5 Å². The van der Waals surface area contributed by atoms with Gasteiger partial charge < -0.3 is 24.3 Å². The van der Waals surface area contributed by atoms with E-state index in [9.17, 15) is 19.7 Å². The Labute approximate surface area is 258 Å². The fraction of sp³-hybridized carbons (Fsp3) is 0.412. The molecule has 1 fully saturated rings. The highest BCUT2D eigenvalue weighted by Crippen LogP contribution is 2.40. The number of hydrogen-bond donors (Lipinski definition) is 0. The Hall–Kier alpha value is -4.67. The zero-order valence-corrected chi connectivity index (χ0v) is 25.6. The molecule has 3 aromatic rings. The summed E-state index contributed by atoms with van der Waals surface area (Å²) in [5.74, 6) is -1.55. The van der Waals surface area contributed by atoms with Crippen molar-refractivity contribution in [2.24, 2.45) is 0 Å². The van der Waals surface area contributed by atoms with Gasteiger partial charge in [0.25, 0.3) is 5.91 Å². The zero-order valence-electron chi connectivity index (χ0n) is 25.6. The van der Waals surface area contributed by atoms with Crippen molar-refractivity contribution in [3.63, 3.8) is 0 Å². The maximum atomic E-state index is 13.8. The first-order valence-corrected chi connectivity index (χ1v) is 15.0. The van der Waals surface area contributed by atoms with E-state index < -0.39 is 17.8 Å². The minimum Gasteiger partial charge on any atom is -0.477 e. The number of fused-ring (bicyclic) bond motifs is 2. The van der Waals surface area contributed by atoms with Crippen LogP contribution in [-0.2, 0) is 17.8 Å². The summed E-state index contributed by atoms with van der Waals surface area (Å²) in [6, 6.07) is 16.6. The number of ether oxygens (including phenoxy) is 1. The Kier molecular flexibility index (Phi) is 9.32. The number of aryl methyl sites for hydroxylation is 1. The lowest BCUT2D eigenvalue weighted by atomic mass is 9.95. The number of nitrogens with zero attached hydrogens (tertiary/aromatic N) is 7. The summed E-state index contributed by atoms with van der Waals surface area (Å²) in [5, 5.41) is 22.4. The van der Waals surface area contributed by atoms with Crippen LogP contribution in [0.3, 0.4) is 0 Å². The van der Waals surface area contributed by atoms with Crippen LogP contribution in [-0.4, -0.2) is 80.2 Å². The van der Waals surface area contributed by atoms with Crippen LogP contribution in [0, 0.1) is 29.6 Å². The highest BCUT2D eigenvalue weighted by atomic mass is 19.1. The molecule has 1 unspecified atom stereocenters. The van der Waals surface area contributed by atoms with Crippen molar-refractivity contribution in [1.29, 1.82) is 10.5 Å². The lowest BCUT2D eigenvalue weighted by molar-refractivity contribution is -0.131. The fourth-order valence-corrected chi connectivity index (χ4v) is 6.38. The second-order valence-electron chi connectivity index (χ2n) is 11.7. The number of anilines is 2. The first-order chi connectivity index (χ1) is 21.2. The molecular weight excluding hydrogens is 557 g/mol. The molecular formula is C34H38FN7O2. The average molecular weight is 596 g/mol. The topological polar surface area (TPSA) is 99.7 Å². The molecule has 44 heavy (non-hydrogen) atoms. The van der Waals surface area contributed by atoms with Crippen LogP contribution in [0.1, 0.15) is 35.2 Å². The predicted octanol–water partition coefficient (Wildman–Crippen LogP) is 4.72. The number of nitriles is 2. The number of carbonyl (C=O) groups excluding carboxylic acids is 1. The molecule has 0 N–H and O–H groups in total. The molecule has 228 valence electrons. The zero-order chi connectivity index (χ0) is 31.4. The van der Waals surface area contributed by atoms with Crippen molar-refractivity contribution in [2.75, 3.05) is 63.2 Å². The maximum Gasteiger partial charge on any atom is 0.282 e. The third-order valence-corrected chi connectivity index (χ3v) is 8.44. The summed E-state index contributed by atoms with van der Waals surface area (Å²) < 4.78 is 20.0. The van der Waals surface area contributed by atoms with E-state index in [1.807, 2.05) is 14.1 Å². The van der Waals surface area contributed by atoms with Crippen LogP contribution in [0.4, 0.5) is 15.8 Å². The largest absolute Gasteiger partial charge is 0.477 e. The molecule has 1 aromatic heterocycles. The number of rotatable bonds is 9. The van der Waals surface area contributed by atoms with Gasteiger partial charge in [-0.2, -0.15) is 10.5 Å². The van der Waals surface area contributed by atoms with E-state index in [-0.39, 0.29) is 19.5 Å². The van der Waals surface area contributed by atoms with E-state index >= 15 is 0 Å². The van der Waals surface area contributed by atoms with Crippen molar-refractivity contribution >= 4 is 28.1 Å². The third-order valence-electron chi connectivity index (χ3n) is 8.44. The van der Waals surface area contributed by atoms with E-state index in [0.29, 0.717) is 37.6 Å². The third kappa shape index (κ3) is 6.17.